The average molecular weight is 328 g/mol. The Balaban J connectivity index is 1.65. The van der Waals surface area contributed by atoms with Gasteiger partial charge < -0.3 is 9.73 Å². The molecule has 3 aromatic carbocycles. The Morgan fingerprint density at radius 2 is 1.72 bits per heavy atom. The summed E-state index contributed by atoms with van der Waals surface area (Å²) in [6.07, 6.45) is 0. The third-order valence-corrected chi connectivity index (χ3v) is 4.06. The number of nitrogens with one attached hydrogen (secondary N) is 1. The molecule has 25 heavy (non-hydrogen) atoms. The first-order chi connectivity index (χ1) is 12.2. The molecule has 0 aliphatic rings. The second-order valence-electron chi connectivity index (χ2n) is 5.84. The van der Waals surface area contributed by atoms with E-state index in [1.807, 2.05) is 67.6 Å². The molecule has 0 fully saturated rings. The lowest BCUT2D eigenvalue weighted by atomic mass is 10.1. The van der Waals surface area contributed by atoms with Gasteiger partial charge in [0, 0.05) is 16.8 Å². The maximum atomic E-state index is 12.3. The van der Waals surface area contributed by atoms with Gasteiger partial charge in [-0.05, 0) is 48.9 Å². The maximum Gasteiger partial charge on any atom is 0.255 e. The van der Waals surface area contributed by atoms with E-state index in [0.717, 1.165) is 11.1 Å². The monoisotopic (exact) mass is 328 g/mol. The normalized spacial score (nSPS) is 10.8. The molecular formula is C21H16N2O2. The Morgan fingerprint density at radius 3 is 2.52 bits per heavy atom. The van der Waals surface area contributed by atoms with Crippen molar-refractivity contribution in [3.05, 3.63) is 83.9 Å². The summed E-state index contributed by atoms with van der Waals surface area (Å²) >= 11 is 0. The minimum Gasteiger partial charge on any atom is -0.436 e. The second kappa shape index (κ2) is 6.24. The molecule has 0 saturated carbocycles. The van der Waals surface area contributed by atoms with Crippen LogP contribution in [0.3, 0.4) is 0 Å². The third-order valence-electron chi connectivity index (χ3n) is 4.06. The van der Waals surface area contributed by atoms with Crippen LogP contribution in [0.2, 0.25) is 0 Å². The summed E-state index contributed by atoms with van der Waals surface area (Å²) in [5.74, 6) is 0.433. The van der Waals surface area contributed by atoms with Crippen LogP contribution in [0.1, 0.15) is 15.9 Å². The number of aromatic nitrogens is 1. The van der Waals surface area contributed by atoms with Crippen molar-refractivity contribution in [3.63, 3.8) is 0 Å². The maximum absolute atomic E-state index is 12.3. The molecule has 0 aliphatic heterocycles. The Kier molecular flexibility index (Phi) is 3.78. The molecule has 1 amide bonds. The number of fused-ring (bicyclic) bond motifs is 1. The van der Waals surface area contributed by atoms with E-state index in [1.54, 1.807) is 12.1 Å². The fourth-order valence-electron chi connectivity index (χ4n) is 2.73. The zero-order valence-corrected chi connectivity index (χ0v) is 13.7. The summed E-state index contributed by atoms with van der Waals surface area (Å²) in [5, 5.41) is 2.89. The number of benzene rings is 3. The van der Waals surface area contributed by atoms with Crippen molar-refractivity contribution in [2.24, 2.45) is 0 Å². The highest BCUT2D eigenvalue weighted by Crippen LogP contribution is 2.28. The smallest absolute Gasteiger partial charge is 0.255 e. The van der Waals surface area contributed by atoms with Gasteiger partial charge in [-0.2, -0.15) is 0 Å². The van der Waals surface area contributed by atoms with Gasteiger partial charge in [0.2, 0.25) is 5.89 Å². The molecule has 0 bridgehead atoms. The molecule has 0 atom stereocenters. The van der Waals surface area contributed by atoms with Crippen LogP contribution in [0, 0.1) is 6.92 Å². The first-order valence-corrected chi connectivity index (χ1v) is 8.04. The first kappa shape index (κ1) is 15.1. The lowest BCUT2D eigenvalue weighted by Gasteiger charge is -2.04. The van der Waals surface area contributed by atoms with Gasteiger partial charge in [-0.15, -0.1) is 0 Å². The van der Waals surface area contributed by atoms with E-state index < -0.39 is 0 Å². The van der Waals surface area contributed by atoms with Crippen molar-refractivity contribution >= 4 is 22.7 Å². The van der Waals surface area contributed by atoms with E-state index in [-0.39, 0.29) is 5.91 Å². The van der Waals surface area contributed by atoms with Crippen molar-refractivity contribution in [3.8, 4) is 11.5 Å². The molecule has 0 aliphatic carbocycles. The zero-order chi connectivity index (χ0) is 17.2. The van der Waals surface area contributed by atoms with Crippen molar-refractivity contribution in [1.29, 1.82) is 0 Å². The molecule has 1 aromatic heterocycles. The highest BCUT2D eigenvalue weighted by molar-refractivity contribution is 6.04. The summed E-state index contributed by atoms with van der Waals surface area (Å²) in [7, 11) is 0. The highest BCUT2D eigenvalue weighted by atomic mass is 16.3. The molecular weight excluding hydrogens is 312 g/mol. The number of rotatable bonds is 3. The number of aryl methyl sites for hydroxylation is 1. The molecule has 0 unspecified atom stereocenters. The summed E-state index contributed by atoms with van der Waals surface area (Å²) in [6, 6.07) is 22.5. The number of carbonyl (C=O) groups is 1. The van der Waals surface area contributed by atoms with Crippen molar-refractivity contribution in [2.75, 3.05) is 5.32 Å². The standard InChI is InChI=1S/C21H16N2O2/c1-14-7-5-6-10-17(14)21-23-18-13-16(11-12-19(18)25-21)22-20(24)15-8-3-2-4-9-15/h2-13H,1H3,(H,22,24). The quantitative estimate of drug-likeness (QED) is 0.572. The van der Waals surface area contributed by atoms with Gasteiger partial charge in [-0.1, -0.05) is 36.4 Å². The van der Waals surface area contributed by atoms with Gasteiger partial charge in [0.1, 0.15) is 5.52 Å². The molecule has 1 N–H and O–H groups in total. The van der Waals surface area contributed by atoms with Crippen LogP contribution in [0.25, 0.3) is 22.6 Å². The largest absolute Gasteiger partial charge is 0.436 e. The summed E-state index contributed by atoms with van der Waals surface area (Å²) in [5.41, 5.74) is 4.77. The van der Waals surface area contributed by atoms with Crippen LogP contribution in [-0.2, 0) is 0 Å². The van der Waals surface area contributed by atoms with E-state index >= 15 is 0 Å². The van der Waals surface area contributed by atoms with Crippen LogP contribution < -0.4 is 5.32 Å². The molecule has 0 radical (unpaired) electrons. The number of hydrogen-bond acceptors (Lipinski definition) is 3. The topological polar surface area (TPSA) is 55.1 Å². The SMILES string of the molecule is Cc1ccccc1-c1nc2cc(NC(=O)c3ccccc3)ccc2o1. The van der Waals surface area contributed by atoms with E-state index in [0.29, 0.717) is 28.2 Å². The van der Waals surface area contributed by atoms with Crippen LogP contribution in [0.4, 0.5) is 5.69 Å². The average Bonchev–Trinajstić information content (AvgIpc) is 3.06. The van der Waals surface area contributed by atoms with Crippen molar-refractivity contribution in [2.45, 2.75) is 6.92 Å². The molecule has 122 valence electrons. The molecule has 1 heterocycles. The van der Waals surface area contributed by atoms with E-state index in [4.69, 9.17) is 4.42 Å². The predicted molar refractivity (Wildman–Crippen MR) is 98.6 cm³/mol. The number of hydrogen-bond donors (Lipinski definition) is 1. The lowest BCUT2D eigenvalue weighted by Crippen LogP contribution is -2.11. The Bertz CT molecular complexity index is 1050. The van der Waals surface area contributed by atoms with Gasteiger partial charge in [-0.25, -0.2) is 4.98 Å². The molecule has 0 saturated heterocycles. The molecule has 4 heteroatoms. The van der Waals surface area contributed by atoms with Gasteiger partial charge >= 0.3 is 0 Å². The van der Waals surface area contributed by atoms with Crippen LogP contribution >= 0.6 is 0 Å². The van der Waals surface area contributed by atoms with Crippen molar-refractivity contribution < 1.29 is 9.21 Å². The van der Waals surface area contributed by atoms with Gasteiger partial charge in [-0.3, -0.25) is 4.79 Å². The third kappa shape index (κ3) is 3.02. The number of carbonyl (C=O) groups excluding carboxylic acids is 1. The van der Waals surface area contributed by atoms with Gasteiger partial charge in [0.05, 0.1) is 0 Å². The molecule has 4 nitrogen and oxygen atoms in total. The van der Waals surface area contributed by atoms with E-state index in [1.165, 1.54) is 0 Å². The van der Waals surface area contributed by atoms with E-state index in [2.05, 4.69) is 10.3 Å². The van der Waals surface area contributed by atoms with E-state index in [9.17, 15) is 4.79 Å². The minimum atomic E-state index is -0.150. The minimum absolute atomic E-state index is 0.150. The van der Waals surface area contributed by atoms with Crippen LogP contribution in [0.5, 0.6) is 0 Å². The number of anilines is 1. The molecule has 4 rings (SSSR count). The summed E-state index contributed by atoms with van der Waals surface area (Å²) in [4.78, 5) is 16.8. The van der Waals surface area contributed by atoms with Gasteiger partial charge in [0.25, 0.3) is 5.91 Å². The number of oxazole rings is 1. The Morgan fingerprint density at radius 1 is 0.960 bits per heavy atom. The van der Waals surface area contributed by atoms with Crippen LogP contribution in [0.15, 0.2) is 77.2 Å². The Labute approximate surface area is 145 Å². The van der Waals surface area contributed by atoms with Crippen molar-refractivity contribution in [1.82, 2.24) is 4.98 Å². The number of amides is 1. The summed E-state index contributed by atoms with van der Waals surface area (Å²) in [6.45, 7) is 2.02. The number of nitrogens with zero attached hydrogens (tertiary/aromatic N) is 1. The highest BCUT2D eigenvalue weighted by Gasteiger charge is 2.12. The summed E-state index contributed by atoms with van der Waals surface area (Å²) < 4.78 is 5.86. The second-order valence-corrected chi connectivity index (χ2v) is 5.84. The van der Waals surface area contributed by atoms with Crippen LogP contribution in [-0.4, -0.2) is 10.9 Å². The van der Waals surface area contributed by atoms with Gasteiger partial charge in [0.15, 0.2) is 5.58 Å². The zero-order valence-electron chi connectivity index (χ0n) is 13.7. The molecule has 4 aromatic rings. The fourth-order valence-corrected chi connectivity index (χ4v) is 2.73. The Hall–Kier alpha value is -3.40. The first-order valence-electron chi connectivity index (χ1n) is 8.04. The predicted octanol–water partition coefficient (Wildman–Crippen LogP) is 5.06. The fraction of sp³-hybridized carbons (Fsp3) is 0.0476. The molecule has 0 spiro atoms. The lowest BCUT2D eigenvalue weighted by molar-refractivity contribution is 0.102.